The Labute approximate surface area is 130 Å². The van der Waals surface area contributed by atoms with E-state index in [0.717, 1.165) is 39.9 Å². The van der Waals surface area contributed by atoms with Gasteiger partial charge in [-0.2, -0.15) is 5.10 Å². The van der Waals surface area contributed by atoms with Crippen molar-refractivity contribution < 1.29 is 14.6 Å². The molecule has 6 heteroatoms. The van der Waals surface area contributed by atoms with Gasteiger partial charge in [-0.25, -0.2) is 4.79 Å². The van der Waals surface area contributed by atoms with Crippen molar-refractivity contribution in [3.63, 3.8) is 0 Å². The van der Waals surface area contributed by atoms with Crippen LogP contribution in [0.4, 0.5) is 0 Å². The molecule has 5 nitrogen and oxygen atoms in total. The first kappa shape index (κ1) is 14.1. The van der Waals surface area contributed by atoms with Crippen LogP contribution in [0, 0.1) is 6.92 Å². The number of carboxylic acid groups (broad SMARTS) is 1. The predicted octanol–water partition coefficient (Wildman–Crippen LogP) is 3.40. The molecule has 1 aromatic carbocycles. The maximum atomic E-state index is 11.1. The Kier molecular flexibility index (Phi) is 3.49. The molecule has 0 saturated heterocycles. The number of halogens is 1. The quantitative estimate of drug-likeness (QED) is 0.917. The monoisotopic (exact) mass is 350 g/mol. The molecule has 110 valence electrons. The van der Waals surface area contributed by atoms with E-state index in [9.17, 15) is 4.79 Å². The summed E-state index contributed by atoms with van der Waals surface area (Å²) in [4.78, 5) is 11.1. The van der Waals surface area contributed by atoms with E-state index in [1.165, 1.54) is 0 Å². The number of aromatic nitrogens is 2. The van der Waals surface area contributed by atoms with E-state index in [-0.39, 0.29) is 11.8 Å². The minimum absolute atomic E-state index is 0.0301. The van der Waals surface area contributed by atoms with E-state index in [0.29, 0.717) is 0 Å². The van der Waals surface area contributed by atoms with Gasteiger partial charge in [0.05, 0.1) is 16.3 Å². The summed E-state index contributed by atoms with van der Waals surface area (Å²) in [6.07, 6.45) is 2.38. The molecule has 1 N–H and O–H groups in total. The van der Waals surface area contributed by atoms with Gasteiger partial charge in [-0.1, -0.05) is 0 Å². The van der Waals surface area contributed by atoms with Crippen molar-refractivity contribution in [2.75, 3.05) is 0 Å². The highest BCUT2D eigenvalue weighted by atomic mass is 79.9. The lowest BCUT2D eigenvalue weighted by Gasteiger charge is -2.14. The van der Waals surface area contributed by atoms with E-state index in [1.807, 2.05) is 19.1 Å². The first-order chi connectivity index (χ1) is 9.95. The lowest BCUT2D eigenvalue weighted by atomic mass is 10.1. The average molecular weight is 351 g/mol. The fourth-order valence-corrected chi connectivity index (χ4v) is 2.88. The van der Waals surface area contributed by atoms with Crippen LogP contribution in [-0.2, 0) is 7.05 Å². The van der Waals surface area contributed by atoms with Crippen LogP contribution in [0.5, 0.6) is 5.75 Å². The van der Waals surface area contributed by atoms with Gasteiger partial charge in [-0.3, -0.25) is 4.68 Å². The number of aryl methyl sites for hydroxylation is 2. The molecule has 0 radical (unpaired) electrons. The minimum Gasteiger partial charge on any atom is -0.489 e. The fraction of sp³-hybridized carbons (Fsp3) is 0.333. The second-order valence-corrected chi connectivity index (χ2v) is 6.14. The molecule has 1 saturated carbocycles. The van der Waals surface area contributed by atoms with Gasteiger partial charge in [0.25, 0.3) is 0 Å². The summed E-state index contributed by atoms with van der Waals surface area (Å²) in [5.41, 5.74) is 2.68. The van der Waals surface area contributed by atoms with Crippen molar-refractivity contribution in [1.82, 2.24) is 9.78 Å². The van der Waals surface area contributed by atoms with E-state index >= 15 is 0 Å². The zero-order valence-electron chi connectivity index (χ0n) is 11.8. The number of carbonyl (C=O) groups is 1. The molecule has 0 unspecified atom stereocenters. The molecule has 2 aromatic rings. The van der Waals surface area contributed by atoms with Crippen LogP contribution in [0.15, 0.2) is 22.7 Å². The average Bonchev–Trinajstić information content (AvgIpc) is 3.13. The third-order valence-corrected chi connectivity index (χ3v) is 3.96. The summed E-state index contributed by atoms with van der Waals surface area (Å²) in [5.74, 6) is -0.281. The summed E-state index contributed by atoms with van der Waals surface area (Å²) in [5, 5.41) is 13.1. The van der Waals surface area contributed by atoms with Gasteiger partial charge in [-0.05, 0) is 59.5 Å². The first-order valence-electron chi connectivity index (χ1n) is 6.70. The molecule has 1 heterocycles. The van der Waals surface area contributed by atoms with Crippen LogP contribution in [0.3, 0.4) is 0 Å². The molecule has 1 aliphatic rings. The van der Waals surface area contributed by atoms with Crippen LogP contribution >= 0.6 is 15.9 Å². The Morgan fingerprint density at radius 1 is 1.43 bits per heavy atom. The van der Waals surface area contributed by atoms with Gasteiger partial charge in [0.1, 0.15) is 5.75 Å². The van der Waals surface area contributed by atoms with E-state index < -0.39 is 5.97 Å². The molecule has 0 atom stereocenters. The van der Waals surface area contributed by atoms with Gasteiger partial charge in [0, 0.05) is 12.6 Å². The van der Waals surface area contributed by atoms with Gasteiger partial charge >= 0.3 is 5.97 Å². The van der Waals surface area contributed by atoms with Gasteiger partial charge in [0.15, 0.2) is 5.69 Å². The summed E-state index contributed by atoms with van der Waals surface area (Å²) in [6, 6.07) is 5.56. The third-order valence-electron chi connectivity index (χ3n) is 3.37. The smallest absolute Gasteiger partial charge is 0.356 e. The first-order valence-corrected chi connectivity index (χ1v) is 7.49. The molecule has 1 aromatic heterocycles. The lowest BCUT2D eigenvalue weighted by Crippen LogP contribution is -2.02. The van der Waals surface area contributed by atoms with Crippen molar-refractivity contribution in [2.45, 2.75) is 25.9 Å². The van der Waals surface area contributed by atoms with Crippen LogP contribution in [-0.4, -0.2) is 27.0 Å². The van der Waals surface area contributed by atoms with Crippen molar-refractivity contribution in [1.29, 1.82) is 0 Å². The summed E-state index contributed by atoms with van der Waals surface area (Å²) >= 11 is 3.54. The second-order valence-electron chi connectivity index (χ2n) is 5.28. The second kappa shape index (κ2) is 5.18. The molecule has 0 aliphatic heterocycles. The molecule has 21 heavy (non-hydrogen) atoms. The number of aromatic carboxylic acids is 1. The summed E-state index contributed by atoms with van der Waals surface area (Å²) in [7, 11) is 1.74. The number of ether oxygens (including phenoxy) is 1. The zero-order valence-corrected chi connectivity index (χ0v) is 13.3. The molecule has 0 spiro atoms. The standard InChI is InChI=1S/C15H15BrN2O3/c1-8-5-10(13-7-12(15(19)20)17-18(13)2)14(11(16)6-8)21-9-3-4-9/h5-7,9H,3-4H2,1-2H3,(H,19,20). The Morgan fingerprint density at radius 3 is 2.71 bits per heavy atom. The normalized spacial score (nSPS) is 14.2. The molecule has 0 amide bonds. The number of rotatable bonds is 4. The Hall–Kier alpha value is -1.82. The molecule has 0 bridgehead atoms. The highest BCUT2D eigenvalue weighted by Gasteiger charge is 2.27. The topological polar surface area (TPSA) is 64.3 Å². The van der Waals surface area contributed by atoms with E-state index in [2.05, 4.69) is 21.0 Å². The molecule has 1 fully saturated rings. The number of carboxylic acids is 1. The molecule has 3 rings (SSSR count). The number of hydrogen-bond donors (Lipinski definition) is 1. The summed E-state index contributed by atoms with van der Waals surface area (Å²) < 4.78 is 8.44. The van der Waals surface area contributed by atoms with Crippen LogP contribution in [0.2, 0.25) is 0 Å². The fourth-order valence-electron chi connectivity index (χ4n) is 2.22. The zero-order chi connectivity index (χ0) is 15.1. The largest absolute Gasteiger partial charge is 0.489 e. The SMILES string of the molecule is Cc1cc(Br)c(OC2CC2)c(-c2cc(C(=O)O)nn2C)c1. The Morgan fingerprint density at radius 2 is 2.14 bits per heavy atom. The van der Waals surface area contributed by atoms with Crippen LogP contribution in [0.25, 0.3) is 11.3 Å². The highest BCUT2D eigenvalue weighted by Crippen LogP contribution is 2.41. The number of hydrogen-bond acceptors (Lipinski definition) is 3. The summed E-state index contributed by atoms with van der Waals surface area (Å²) in [6.45, 7) is 1.99. The van der Waals surface area contributed by atoms with Crippen molar-refractivity contribution in [3.05, 3.63) is 33.9 Å². The number of nitrogens with zero attached hydrogens (tertiary/aromatic N) is 2. The molecule has 1 aliphatic carbocycles. The van der Waals surface area contributed by atoms with Crippen LogP contribution in [0.1, 0.15) is 28.9 Å². The lowest BCUT2D eigenvalue weighted by molar-refractivity contribution is 0.0689. The van der Waals surface area contributed by atoms with E-state index in [1.54, 1.807) is 17.8 Å². The van der Waals surface area contributed by atoms with Crippen LogP contribution < -0.4 is 4.74 Å². The van der Waals surface area contributed by atoms with E-state index in [4.69, 9.17) is 9.84 Å². The predicted molar refractivity (Wildman–Crippen MR) is 81.7 cm³/mol. The van der Waals surface area contributed by atoms with Gasteiger partial charge < -0.3 is 9.84 Å². The van der Waals surface area contributed by atoms with Gasteiger partial charge in [0.2, 0.25) is 0 Å². The Balaban J connectivity index is 2.13. The number of benzene rings is 1. The molecular formula is C15H15BrN2O3. The van der Waals surface area contributed by atoms with Gasteiger partial charge in [-0.15, -0.1) is 0 Å². The maximum Gasteiger partial charge on any atom is 0.356 e. The maximum absolute atomic E-state index is 11.1. The van der Waals surface area contributed by atoms with Crippen molar-refractivity contribution in [3.8, 4) is 17.0 Å². The highest BCUT2D eigenvalue weighted by molar-refractivity contribution is 9.10. The Bertz CT molecular complexity index is 720. The van der Waals surface area contributed by atoms with Crippen molar-refractivity contribution in [2.24, 2.45) is 7.05 Å². The molecular weight excluding hydrogens is 336 g/mol. The third kappa shape index (κ3) is 2.81. The van der Waals surface area contributed by atoms with Crippen molar-refractivity contribution >= 4 is 21.9 Å². The minimum atomic E-state index is -1.03.